The average molecular weight is 165 g/mol. The summed E-state index contributed by atoms with van der Waals surface area (Å²) in [4.78, 5) is 3.28. The summed E-state index contributed by atoms with van der Waals surface area (Å²) in [7, 11) is 1.98. The van der Waals surface area contributed by atoms with Gasteiger partial charge < -0.3 is 5.32 Å². The van der Waals surface area contributed by atoms with Crippen molar-refractivity contribution in [3.63, 3.8) is 0 Å². The molecule has 0 saturated carbocycles. The number of aromatic amines is 1. The molecule has 66 valence electrons. The minimum absolute atomic E-state index is 1.04. The third-order valence-corrected chi connectivity index (χ3v) is 2.04. The topological polar surface area (TPSA) is 26.2 Å². The van der Waals surface area contributed by atoms with Crippen molar-refractivity contribution in [2.45, 2.75) is 19.8 Å². The summed E-state index contributed by atoms with van der Waals surface area (Å²) in [6.07, 6.45) is 4.18. The number of hydrogen-bond acceptors (Lipinski definition) is 1. The molecule has 0 spiro atoms. The van der Waals surface area contributed by atoms with Crippen molar-refractivity contribution in [3.8, 4) is 0 Å². The lowest BCUT2D eigenvalue weighted by molar-refractivity contribution is -0.390. The zero-order valence-corrected chi connectivity index (χ0v) is 7.85. The number of pyridine rings is 1. The Morgan fingerprint density at radius 1 is 1.50 bits per heavy atom. The van der Waals surface area contributed by atoms with E-state index in [9.17, 15) is 0 Å². The number of rotatable bonds is 4. The highest BCUT2D eigenvalue weighted by Crippen LogP contribution is 2.02. The summed E-state index contributed by atoms with van der Waals surface area (Å²) in [6, 6.07) is 4.24. The van der Waals surface area contributed by atoms with E-state index < -0.39 is 0 Å². The van der Waals surface area contributed by atoms with E-state index in [0.29, 0.717) is 0 Å². The van der Waals surface area contributed by atoms with Crippen molar-refractivity contribution in [1.82, 2.24) is 5.32 Å². The lowest BCUT2D eigenvalue weighted by atomic mass is 10.1. The van der Waals surface area contributed by atoms with Crippen LogP contribution in [0.25, 0.3) is 0 Å². The van der Waals surface area contributed by atoms with Gasteiger partial charge in [-0.1, -0.05) is 6.92 Å². The molecule has 0 bridgehead atoms. The van der Waals surface area contributed by atoms with Gasteiger partial charge in [-0.3, -0.25) is 0 Å². The maximum atomic E-state index is 3.28. The van der Waals surface area contributed by atoms with Crippen molar-refractivity contribution in [2.75, 3.05) is 13.6 Å². The minimum atomic E-state index is 1.04. The Bertz CT molecular complexity index is 233. The maximum absolute atomic E-state index is 3.28. The molecule has 0 aliphatic carbocycles. The second-order valence-corrected chi connectivity index (χ2v) is 2.88. The fourth-order valence-corrected chi connectivity index (χ4v) is 1.32. The van der Waals surface area contributed by atoms with Gasteiger partial charge in [-0.25, -0.2) is 4.98 Å². The number of hydrogen-bond donors (Lipinski definition) is 1. The van der Waals surface area contributed by atoms with Crippen LogP contribution in [-0.4, -0.2) is 13.6 Å². The van der Waals surface area contributed by atoms with Crippen molar-refractivity contribution < 1.29 is 4.98 Å². The maximum Gasteiger partial charge on any atom is 0.184 e. The predicted molar refractivity (Wildman–Crippen MR) is 50.0 cm³/mol. The summed E-state index contributed by atoms with van der Waals surface area (Å²) in [6.45, 7) is 3.22. The van der Waals surface area contributed by atoms with Crippen LogP contribution >= 0.6 is 0 Å². The van der Waals surface area contributed by atoms with Crippen LogP contribution in [0.1, 0.15) is 18.2 Å². The quantitative estimate of drug-likeness (QED) is 0.702. The number of aromatic nitrogens is 1. The van der Waals surface area contributed by atoms with E-state index in [0.717, 1.165) is 19.4 Å². The third kappa shape index (κ3) is 2.31. The Hall–Kier alpha value is -0.890. The van der Waals surface area contributed by atoms with Gasteiger partial charge in [0.1, 0.15) is 0 Å². The van der Waals surface area contributed by atoms with E-state index in [1.54, 1.807) is 0 Å². The van der Waals surface area contributed by atoms with Gasteiger partial charge in [0.2, 0.25) is 0 Å². The molecule has 0 unspecified atom stereocenters. The van der Waals surface area contributed by atoms with Gasteiger partial charge in [-0.05, 0) is 19.5 Å². The molecule has 0 atom stereocenters. The van der Waals surface area contributed by atoms with Crippen LogP contribution in [0.3, 0.4) is 0 Å². The molecule has 12 heavy (non-hydrogen) atoms. The first-order valence-electron chi connectivity index (χ1n) is 4.51. The first-order valence-corrected chi connectivity index (χ1v) is 4.51. The van der Waals surface area contributed by atoms with Crippen LogP contribution in [0, 0.1) is 0 Å². The minimum Gasteiger partial charge on any atom is -0.319 e. The first-order chi connectivity index (χ1) is 5.88. The Labute approximate surface area is 74.0 Å². The number of nitrogens with one attached hydrogen (secondary N) is 2. The number of aryl methyl sites for hydroxylation is 1. The van der Waals surface area contributed by atoms with E-state index in [-0.39, 0.29) is 0 Å². The standard InChI is InChI=1S/C10H16N2/c1-3-9-5-4-7-12-10(9)6-8-11-2/h4-5,7,11H,3,6,8H2,1-2H3/p+1. The SMILES string of the molecule is CCc1ccc[nH+]c1CCNC. The molecule has 1 rings (SSSR count). The molecule has 0 radical (unpaired) electrons. The molecule has 0 aromatic carbocycles. The summed E-state index contributed by atoms with van der Waals surface area (Å²) in [5.74, 6) is 0. The van der Waals surface area contributed by atoms with Crippen LogP contribution in [0.2, 0.25) is 0 Å². The largest absolute Gasteiger partial charge is 0.319 e. The fourth-order valence-electron chi connectivity index (χ4n) is 1.32. The molecule has 1 aromatic heterocycles. The highest BCUT2D eigenvalue weighted by atomic mass is 14.8. The van der Waals surface area contributed by atoms with Gasteiger partial charge in [0.05, 0.1) is 0 Å². The lowest BCUT2D eigenvalue weighted by Gasteiger charge is -1.99. The van der Waals surface area contributed by atoms with Crippen LogP contribution in [0.15, 0.2) is 18.3 Å². The fraction of sp³-hybridized carbons (Fsp3) is 0.500. The molecular weight excluding hydrogens is 148 g/mol. The molecule has 1 heterocycles. The second-order valence-electron chi connectivity index (χ2n) is 2.88. The Balaban J connectivity index is 2.68. The Morgan fingerprint density at radius 2 is 2.33 bits per heavy atom. The van der Waals surface area contributed by atoms with Gasteiger partial charge in [0, 0.05) is 24.6 Å². The zero-order chi connectivity index (χ0) is 8.81. The van der Waals surface area contributed by atoms with Gasteiger partial charge in [-0.2, -0.15) is 0 Å². The Kier molecular flexibility index (Phi) is 3.74. The summed E-state index contributed by atoms with van der Waals surface area (Å²) in [5.41, 5.74) is 2.78. The van der Waals surface area contributed by atoms with Gasteiger partial charge >= 0.3 is 0 Å². The Morgan fingerprint density at radius 3 is 3.00 bits per heavy atom. The number of likely N-dealkylation sites (N-methyl/N-ethyl adjacent to an activating group) is 1. The molecule has 0 aliphatic rings. The molecule has 2 heteroatoms. The highest BCUT2D eigenvalue weighted by molar-refractivity contribution is 5.15. The molecule has 0 fully saturated rings. The van der Waals surface area contributed by atoms with E-state index in [2.05, 4.69) is 29.4 Å². The normalized spacial score (nSPS) is 10.2. The van der Waals surface area contributed by atoms with Crippen molar-refractivity contribution in [2.24, 2.45) is 0 Å². The van der Waals surface area contributed by atoms with Gasteiger partial charge in [0.15, 0.2) is 11.9 Å². The van der Waals surface area contributed by atoms with E-state index >= 15 is 0 Å². The summed E-state index contributed by atoms with van der Waals surface area (Å²) >= 11 is 0. The molecule has 1 aromatic rings. The monoisotopic (exact) mass is 165 g/mol. The van der Waals surface area contributed by atoms with E-state index in [4.69, 9.17) is 0 Å². The zero-order valence-electron chi connectivity index (χ0n) is 7.85. The van der Waals surface area contributed by atoms with Crippen LogP contribution in [0.4, 0.5) is 0 Å². The highest BCUT2D eigenvalue weighted by Gasteiger charge is 2.05. The number of H-pyrrole nitrogens is 1. The molecule has 2 N–H and O–H groups in total. The van der Waals surface area contributed by atoms with Crippen LogP contribution < -0.4 is 10.3 Å². The summed E-state index contributed by atoms with van der Waals surface area (Å²) in [5, 5.41) is 3.15. The third-order valence-electron chi connectivity index (χ3n) is 2.04. The predicted octanol–water partition coefficient (Wildman–Crippen LogP) is 0.825. The smallest absolute Gasteiger partial charge is 0.184 e. The van der Waals surface area contributed by atoms with Gasteiger partial charge in [0.25, 0.3) is 0 Å². The van der Waals surface area contributed by atoms with E-state index in [1.807, 2.05) is 13.2 Å². The lowest BCUT2D eigenvalue weighted by Crippen LogP contribution is -2.19. The van der Waals surface area contributed by atoms with E-state index in [1.165, 1.54) is 11.3 Å². The van der Waals surface area contributed by atoms with Gasteiger partial charge in [-0.15, -0.1) is 0 Å². The van der Waals surface area contributed by atoms with Crippen molar-refractivity contribution >= 4 is 0 Å². The molecular formula is C10H17N2+. The molecule has 0 aliphatic heterocycles. The summed E-state index contributed by atoms with van der Waals surface area (Å²) < 4.78 is 0. The van der Waals surface area contributed by atoms with Crippen LogP contribution in [-0.2, 0) is 12.8 Å². The van der Waals surface area contributed by atoms with Crippen molar-refractivity contribution in [1.29, 1.82) is 0 Å². The molecule has 0 saturated heterocycles. The average Bonchev–Trinajstić information content (AvgIpc) is 2.15. The first kappa shape index (κ1) is 9.20. The van der Waals surface area contributed by atoms with Crippen molar-refractivity contribution in [3.05, 3.63) is 29.6 Å². The molecule has 2 nitrogen and oxygen atoms in total. The molecule has 0 amide bonds. The second kappa shape index (κ2) is 4.88. The van der Waals surface area contributed by atoms with Crippen LogP contribution in [0.5, 0.6) is 0 Å².